The zero-order chi connectivity index (χ0) is 10.0. The van der Waals surface area contributed by atoms with Crippen LogP contribution in [-0.2, 0) is 4.74 Å². The first-order chi connectivity index (χ1) is 6.71. The van der Waals surface area contributed by atoms with Gasteiger partial charge in [-0.05, 0) is 26.7 Å². The van der Waals surface area contributed by atoms with Gasteiger partial charge in [-0.2, -0.15) is 0 Å². The van der Waals surface area contributed by atoms with E-state index in [9.17, 15) is 0 Å². The lowest BCUT2D eigenvalue weighted by atomic mass is 9.89. The van der Waals surface area contributed by atoms with Crippen molar-refractivity contribution in [2.24, 2.45) is 0 Å². The molecule has 1 N–H and O–H groups in total. The van der Waals surface area contributed by atoms with Crippen LogP contribution in [0.25, 0.3) is 0 Å². The van der Waals surface area contributed by atoms with Gasteiger partial charge >= 0.3 is 0 Å². The second-order valence-electron chi connectivity index (χ2n) is 4.91. The highest BCUT2D eigenvalue weighted by Gasteiger charge is 2.35. The second kappa shape index (κ2) is 4.17. The predicted molar refractivity (Wildman–Crippen MR) is 57.5 cm³/mol. The number of rotatable bonds is 1. The number of piperazine rings is 1. The highest BCUT2D eigenvalue weighted by atomic mass is 16.5. The van der Waals surface area contributed by atoms with E-state index in [1.807, 2.05) is 0 Å². The standard InChI is InChI=1S/C11H22N2O/c1-10-9-13(6-5-12-10)11(2)3-7-14-8-4-11/h10,12H,3-9H2,1-2H3. The van der Waals surface area contributed by atoms with Gasteiger partial charge in [0.2, 0.25) is 0 Å². The van der Waals surface area contributed by atoms with Crippen LogP contribution < -0.4 is 5.32 Å². The number of hydrogen-bond acceptors (Lipinski definition) is 3. The minimum atomic E-state index is 0.397. The van der Waals surface area contributed by atoms with Gasteiger partial charge in [0.25, 0.3) is 0 Å². The van der Waals surface area contributed by atoms with Crippen LogP contribution in [0.5, 0.6) is 0 Å². The Morgan fingerprint density at radius 2 is 2.07 bits per heavy atom. The summed E-state index contributed by atoms with van der Waals surface area (Å²) in [5.41, 5.74) is 0.397. The Labute approximate surface area is 86.8 Å². The Bertz CT molecular complexity index is 190. The van der Waals surface area contributed by atoms with Crippen LogP contribution in [0, 0.1) is 0 Å². The smallest absolute Gasteiger partial charge is 0.0483 e. The summed E-state index contributed by atoms with van der Waals surface area (Å²) >= 11 is 0. The second-order valence-corrected chi connectivity index (χ2v) is 4.91. The molecule has 0 aromatic carbocycles. The van der Waals surface area contributed by atoms with Crippen molar-refractivity contribution in [2.45, 2.75) is 38.3 Å². The van der Waals surface area contributed by atoms with Gasteiger partial charge in [0.05, 0.1) is 0 Å². The first-order valence-electron chi connectivity index (χ1n) is 5.77. The molecule has 3 heteroatoms. The molecule has 0 amide bonds. The van der Waals surface area contributed by atoms with E-state index in [1.54, 1.807) is 0 Å². The van der Waals surface area contributed by atoms with Crippen LogP contribution in [-0.4, -0.2) is 49.3 Å². The Balaban J connectivity index is 1.97. The molecule has 0 saturated carbocycles. The number of ether oxygens (including phenoxy) is 1. The first-order valence-corrected chi connectivity index (χ1v) is 5.77. The molecule has 2 aliphatic rings. The molecule has 0 aromatic heterocycles. The van der Waals surface area contributed by atoms with Crippen molar-refractivity contribution in [3.8, 4) is 0 Å². The molecule has 0 aromatic rings. The molecular weight excluding hydrogens is 176 g/mol. The topological polar surface area (TPSA) is 24.5 Å². The van der Waals surface area contributed by atoms with E-state index in [0.29, 0.717) is 11.6 Å². The third-order valence-corrected chi connectivity index (χ3v) is 3.70. The molecule has 0 spiro atoms. The quantitative estimate of drug-likeness (QED) is 0.676. The SMILES string of the molecule is CC1CN(C2(C)CCOCC2)CCN1. The number of nitrogens with one attached hydrogen (secondary N) is 1. The molecule has 0 aliphatic carbocycles. The Kier molecular flexibility index (Phi) is 3.10. The van der Waals surface area contributed by atoms with Gasteiger partial charge in [-0.3, -0.25) is 4.90 Å². The van der Waals surface area contributed by atoms with Crippen LogP contribution in [0.1, 0.15) is 26.7 Å². The van der Waals surface area contributed by atoms with E-state index >= 15 is 0 Å². The van der Waals surface area contributed by atoms with Crippen molar-refractivity contribution in [1.82, 2.24) is 10.2 Å². The van der Waals surface area contributed by atoms with E-state index in [4.69, 9.17) is 4.74 Å². The summed E-state index contributed by atoms with van der Waals surface area (Å²) in [6.07, 6.45) is 2.39. The summed E-state index contributed by atoms with van der Waals surface area (Å²) in [5, 5.41) is 3.50. The average molecular weight is 198 g/mol. The van der Waals surface area contributed by atoms with Gasteiger partial charge in [0, 0.05) is 44.4 Å². The fourth-order valence-corrected chi connectivity index (χ4v) is 2.55. The average Bonchev–Trinajstić information content (AvgIpc) is 2.19. The molecule has 82 valence electrons. The van der Waals surface area contributed by atoms with Gasteiger partial charge in [0.1, 0.15) is 0 Å². The molecule has 3 nitrogen and oxygen atoms in total. The fraction of sp³-hybridized carbons (Fsp3) is 1.00. The monoisotopic (exact) mass is 198 g/mol. The summed E-state index contributed by atoms with van der Waals surface area (Å²) in [6.45, 7) is 10.1. The van der Waals surface area contributed by atoms with Crippen LogP contribution in [0.2, 0.25) is 0 Å². The van der Waals surface area contributed by atoms with Gasteiger partial charge in [-0.1, -0.05) is 0 Å². The van der Waals surface area contributed by atoms with Gasteiger partial charge < -0.3 is 10.1 Å². The van der Waals surface area contributed by atoms with Crippen molar-refractivity contribution >= 4 is 0 Å². The van der Waals surface area contributed by atoms with Gasteiger partial charge in [-0.15, -0.1) is 0 Å². The Morgan fingerprint density at radius 1 is 1.36 bits per heavy atom. The van der Waals surface area contributed by atoms with Crippen molar-refractivity contribution < 1.29 is 4.74 Å². The highest BCUT2D eigenvalue weighted by Crippen LogP contribution is 2.28. The maximum absolute atomic E-state index is 5.44. The molecule has 2 heterocycles. The van der Waals surface area contributed by atoms with Crippen LogP contribution >= 0.6 is 0 Å². The molecule has 2 fully saturated rings. The molecule has 0 bridgehead atoms. The zero-order valence-corrected chi connectivity index (χ0v) is 9.38. The van der Waals surface area contributed by atoms with E-state index in [-0.39, 0.29) is 0 Å². The maximum atomic E-state index is 5.44. The summed E-state index contributed by atoms with van der Waals surface area (Å²) < 4.78 is 5.44. The first kappa shape index (κ1) is 10.4. The summed E-state index contributed by atoms with van der Waals surface area (Å²) in [7, 11) is 0. The lowest BCUT2D eigenvalue weighted by molar-refractivity contribution is -0.0288. The molecule has 0 radical (unpaired) electrons. The van der Waals surface area contributed by atoms with Crippen molar-refractivity contribution in [3.63, 3.8) is 0 Å². The zero-order valence-electron chi connectivity index (χ0n) is 9.38. The van der Waals surface area contributed by atoms with Gasteiger partial charge in [-0.25, -0.2) is 0 Å². The lowest BCUT2D eigenvalue weighted by Crippen LogP contribution is -2.59. The largest absolute Gasteiger partial charge is 0.381 e. The molecule has 1 atom stereocenters. The minimum Gasteiger partial charge on any atom is -0.381 e. The molecule has 2 saturated heterocycles. The minimum absolute atomic E-state index is 0.397. The number of hydrogen-bond donors (Lipinski definition) is 1. The van der Waals surface area contributed by atoms with Crippen molar-refractivity contribution in [3.05, 3.63) is 0 Å². The Morgan fingerprint density at radius 3 is 2.71 bits per heavy atom. The molecule has 2 aliphatic heterocycles. The summed E-state index contributed by atoms with van der Waals surface area (Å²) in [6, 6.07) is 0.642. The third kappa shape index (κ3) is 2.10. The summed E-state index contributed by atoms with van der Waals surface area (Å²) in [5.74, 6) is 0. The highest BCUT2D eigenvalue weighted by molar-refractivity contribution is 4.92. The maximum Gasteiger partial charge on any atom is 0.0483 e. The lowest BCUT2D eigenvalue weighted by Gasteiger charge is -2.47. The van der Waals surface area contributed by atoms with Crippen LogP contribution in [0.4, 0.5) is 0 Å². The fourth-order valence-electron chi connectivity index (χ4n) is 2.55. The van der Waals surface area contributed by atoms with Crippen LogP contribution in [0.15, 0.2) is 0 Å². The predicted octanol–water partition coefficient (Wildman–Crippen LogP) is 0.849. The van der Waals surface area contributed by atoms with Crippen molar-refractivity contribution in [1.29, 1.82) is 0 Å². The normalized spacial score (nSPS) is 34.3. The van der Waals surface area contributed by atoms with Crippen LogP contribution in [0.3, 0.4) is 0 Å². The van der Waals surface area contributed by atoms with Gasteiger partial charge in [0.15, 0.2) is 0 Å². The molecule has 2 rings (SSSR count). The molecular formula is C11H22N2O. The van der Waals surface area contributed by atoms with E-state index < -0.39 is 0 Å². The number of nitrogens with zero attached hydrogens (tertiary/aromatic N) is 1. The van der Waals surface area contributed by atoms with Crippen molar-refractivity contribution in [2.75, 3.05) is 32.8 Å². The molecule has 1 unspecified atom stereocenters. The van der Waals surface area contributed by atoms with E-state index in [0.717, 1.165) is 19.8 Å². The third-order valence-electron chi connectivity index (χ3n) is 3.70. The van der Waals surface area contributed by atoms with E-state index in [2.05, 4.69) is 24.1 Å². The Hall–Kier alpha value is -0.120. The molecule has 14 heavy (non-hydrogen) atoms. The summed E-state index contributed by atoms with van der Waals surface area (Å²) in [4.78, 5) is 2.65. The van der Waals surface area contributed by atoms with E-state index in [1.165, 1.54) is 25.9 Å².